The minimum atomic E-state index is 0.216. The number of aryl methyl sites for hydroxylation is 1. The molecule has 0 bridgehead atoms. The normalized spacial score (nSPS) is 10.6. The van der Waals surface area contributed by atoms with Gasteiger partial charge in [0, 0.05) is 5.69 Å². The molecule has 0 aliphatic heterocycles. The van der Waals surface area contributed by atoms with Gasteiger partial charge in [-0.1, -0.05) is 22.9 Å². The fourth-order valence-electron chi connectivity index (χ4n) is 1.65. The van der Waals surface area contributed by atoms with Gasteiger partial charge in [0.1, 0.15) is 12.3 Å². The van der Waals surface area contributed by atoms with Gasteiger partial charge in [-0.2, -0.15) is 0 Å². The van der Waals surface area contributed by atoms with Crippen molar-refractivity contribution in [2.45, 2.75) is 13.5 Å². The van der Waals surface area contributed by atoms with Gasteiger partial charge in [0.15, 0.2) is 5.82 Å². The summed E-state index contributed by atoms with van der Waals surface area (Å²) in [6.07, 6.45) is 4.69. The standard InChI is InChI=1S/C13H11ClN6O/c1-9-3-2-4-12(17-9)20-7-11(18-19-20)8-21-13-15-5-10(14)6-16-13/h2-7H,8H2,1H3. The molecule has 3 rings (SSSR count). The molecule has 0 fully saturated rings. The number of hydrogen-bond donors (Lipinski definition) is 0. The van der Waals surface area contributed by atoms with Crippen LogP contribution in [0.4, 0.5) is 0 Å². The molecular formula is C13H11ClN6O. The Bertz CT molecular complexity index is 742. The van der Waals surface area contributed by atoms with E-state index >= 15 is 0 Å². The maximum Gasteiger partial charge on any atom is 0.316 e. The molecule has 0 saturated carbocycles. The third-order valence-corrected chi connectivity index (χ3v) is 2.79. The third kappa shape index (κ3) is 3.32. The van der Waals surface area contributed by atoms with Crippen LogP contribution in [0.5, 0.6) is 6.01 Å². The second-order valence-corrected chi connectivity index (χ2v) is 4.70. The van der Waals surface area contributed by atoms with Crippen LogP contribution >= 0.6 is 11.6 Å². The van der Waals surface area contributed by atoms with E-state index in [0.29, 0.717) is 16.5 Å². The predicted molar refractivity (Wildman–Crippen MR) is 75.3 cm³/mol. The molecule has 21 heavy (non-hydrogen) atoms. The maximum atomic E-state index is 5.70. The zero-order chi connectivity index (χ0) is 14.7. The zero-order valence-electron chi connectivity index (χ0n) is 11.1. The summed E-state index contributed by atoms with van der Waals surface area (Å²) in [7, 11) is 0. The number of pyridine rings is 1. The quantitative estimate of drug-likeness (QED) is 0.733. The lowest BCUT2D eigenvalue weighted by Crippen LogP contribution is -2.00. The summed E-state index contributed by atoms with van der Waals surface area (Å²) in [6, 6.07) is 5.93. The number of aromatic nitrogens is 6. The average molecular weight is 303 g/mol. The number of hydrogen-bond acceptors (Lipinski definition) is 6. The molecule has 7 nitrogen and oxygen atoms in total. The van der Waals surface area contributed by atoms with Crippen LogP contribution in [0.15, 0.2) is 36.8 Å². The van der Waals surface area contributed by atoms with Gasteiger partial charge in [0.2, 0.25) is 0 Å². The van der Waals surface area contributed by atoms with Gasteiger partial charge in [0.05, 0.1) is 23.6 Å². The lowest BCUT2D eigenvalue weighted by atomic mass is 10.4. The highest BCUT2D eigenvalue weighted by Gasteiger charge is 2.06. The molecular weight excluding hydrogens is 292 g/mol. The van der Waals surface area contributed by atoms with Crippen molar-refractivity contribution in [2.24, 2.45) is 0 Å². The molecule has 3 heterocycles. The molecule has 0 saturated heterocycles. The number of halogens is 1. The Morgan fingerprint density at radius 1 is 1.24 bits per heavy atom. The van der Waals surface area contributed by atoms with E-state index in [9.17, 15) is 0 Å². The van der Waals surface area contributed by atoms with Crippen molar-refractivity contribution in [3.63, 3.8) is 0 Å². The van der Waals surface area contributed by atoms with Crippen LogP contribution in [0.2, 0.25) is 5.02 Å². The second kappa shape index (κ2) is 5.84. The van der Waals surface area contributed by atoms with E-state index in [0.717, 1.165) is 5.69 Å². The summed E-state index contributed by atoms with van der Waals surface area (Å²) in [5, 5.41) is 8.49. The van der Waals surface area contributed by atoms with E-state index in [4.69, 9.17) is 16.3 Å². The maximum absolute atomic E-state index is 5.70. The fourth-order valence-corrected chi connectivity index (χ4v) is 1.74. The summed E-state index contributed by atoms with van der Waals surface area (Å²) in [5.74, 6) is 0.705. The monoisotopic (exact) mass is 302 g/mol. The molecule has 106 valence electrons. The van der Waals surface area contributed by atoms with Crippen molar-refractivity contribution in [2.75, 3.05) is 0 Å². The van der Waals surface area contributed by atoms with Gasteiger partial charge >= 0.3 is 6.01 Å². The lowest BCUT2D eigenvalue weighted by molar-refractivity contribution is 0.276. The molecule has 0 aliphatic rings. The van der Waals surface area contributed by atoms with Crippen molar-refractivity contribution in [3.05, 3.63) is 53.2 Å². The molecule has 0 spiro atoms. The highest BCUT2D eigenvalue weighted by atomic mass is 35.5. The number of nitrogens with zero attached hydrogens (tertiary/aromatic N) is 6. The van der Waals surface area contributed by atoms with Gasteiger partial charge < -0.3 is 4.74 Å². The average Bonchev–Trinajstić information content (AvgIpc) is 2.96. The van der Waals surface area contributed by atoms with Crippen LogP contribution in [0.1, 0.15) is 11.4 Å². The molecule has 3 aromatic heterocycles. The number of rotatable bonds is 4. The smallest absolute Gasteiger partial charge is 0.316 e. The Kier molecular flexibility index (Phi) is 3.74. The predicted octanol–water partition coefficient (Wildman–Crippen LogP) is 1.99. The van der Waals surface area contributed by atoms with Crippen molar-refractivity contribution >= 4 is 11.6 Å². The van der Waals surface area contributed by atoms with Crippen LogP contribution in [-0.4, -0.2) is 29.9 Å². The number of ether oxygens (including phenoxy) is 1. The Balaban J connectivity index is 1.69. The van der Waals surface area contributed by atoms with Crippen molar-refractivity contribution in [1.29, 1.82) is 0 Å². The van der Waals surface area contributed by atoms with Crippen molar-refractivity contribution < 1.29 is 4.74 Å². The topological polar surface area (TPSA) is 78.6 Å². The summed E-state index contributed by atoms with van der Waals surface area (Å²) >= 11 is 5.70. The van der Waals surface area contributed by atoms with Gasteiger partial charge in [0.25, 0.3) is 0 Å². The van der Waals surface area contributed by atoms with Crippen LogP contribution in [-0.2, 0) is 6.61 Å². The van der Waals surface area contributed by atoms with Gasteiger partial charge in [-0.15, -0.1) is 5.10 Å². The lowest BCUT2D eigenvalue weighted by Gasteiger charge is -2.01. The van der Waals surface area contributed by atoms with E-state index in [-0.39, 0.29) is 12.6 Å². The summed E-state index contributed by atoms with van der Waals surface area (Å²) in [5.41, 5.74) is 1.56. The second-order valence-electron chi connectivity index (χ2n) is 4.26. The Hall–Kier alpha value is -2.54. The molecule has 3 aromatic rings. The first-order chi connectivity index (χ1) is 10.2. The molecule has 0 amide bonds. The van der Waals surface area contributed by atoms with E-state index in [1.807, 2.05) is 25.1 Å². The third-order valence-electron chi connectivity index (χ3n) is 2.59. The largest absolute Gasteiger partial charge is 0.457 e. The van der Waals surface area contributed by atoms with Crippen LogP contribution < -0.4 is 4.74 Å². The Morgan fingerprint density at radius 3 is 2.81 bits per heavy atom. The molecule has 0 atom stereocenters. The minimum absolute atomic E-state index is 0.216. The molecule has 0 aromatic carbocycles. The minimum Gasteiger partial charge on any atom is -0.457 e. The van der Waals surface area contributed by atoms with Crippen molar-refractivity contribution in [1.82, 2.24) is 29.9 Å². The van der Waals surface area contributed by atoms with E-state index in [1.165, 1.54) is 12.4 Å². The van der Waals surface area contributed by atoms with Crippen LogP contribution in [0.3, 0.4) is 0 Å². The molecule has 0 N–H and O–H groups in total. The molecule has 8 heteroatoms. The van der Waals surface area contributed by atoms with E-state index in [2.05, 4.69) is 25.3 Å². The van der Waals surface area contributed by atoms with Crippen LogP contribution in [0, 0.1) is 6.92 Å². The summed E-state index contributed by atoms with van der Waals surface area (Å²) in [6.45, 7) is 2.13. The van der Waals surface area contributed by atoms with E-state index in [1.54, 1.807) is 10.9 Å². The van der Waals surface area contributed by atoms with Gasteiger partial charge in [-0.25, -0.2) is 19.6 Å². The highest BCUT2D eigenvalue weighted by Crippen LogP contribution is 2.09. The van der Waals surface area contributed by atoms with Gasteiger partial charge in [-0.05, 0) is 19.1 Å². The van der Waals surface area contributed by atoms with Crippen molar-refractivity contribution in [3.8, 4) is 11.8 Å². The fraction of sp³-hybridized carbons (Fsp3) is 0.154. The SMILES string of the molecule is Cc1cccc(-n2cc(COc3ncc(Cl)cn3)nn2)n1. The molecule has 0 radical (unpaired) electrons. The summed E-state index contributed by atoms with van der Waals surface area (Å²) in [4.78, 5) is 12.2. The molecule has 0 aliphatic carbocycles. The Labute approximate surface area is 125 Å². The highest BCUT2D eigenvalue weighted by molar-refractivity contribution is 6.30. The molecule has 0 unspecified atom stereocenters. The van der Waals surface area contributed by atoms with E-state index < -0.39 is 0 Å². The first-order valence-corrected chi connectivity index (χ1v) is 6.54. The van der Waals surface area contributed by atoms with Gasteiger partial charge in [-0.3, -0.25) is 0 Å². The zero-order valence-corrected chi connectivity index (χ0v) is 11.9. The Morgan fingerprint density at radius 2 is 2.05 bits per heavy atom. The first kappa shape index (κ1) is 13.4. The summed E-state index contributed by atoms with van der Waals surface area (Å²) < 4.78 is 6.99. The van der Waals surface area contributed by atoms with Crippen LogP contribution in [0.25, 0.3) is 5.82 Å². The first-order valence-electron chi connectivity index (χ1n) is 6.16.